The first-order valence-corrected chi connectivity index (χ1v) is 10.8. The summed E-state index contributed by atoms with van der Waals surface area (Å²) in [6, 6.07) is 28.1. The first kappa shape index (κ1) is 21.9. The minimum Gasteiger partial charge on any atom is -0.457 e. The van der Waals surface area contributed by atoms with Crippen molar-refractivity contribution < 1.29 is 4.74 Å². The van der Waals surface area contributed by atoms with Gasteiger partial charge in [0, 0.05) is 11.1 Å². The zero-order chi connectivity index (χ0) is 23.5. The van der Waals surface area contributed by atoms with E-state index in [-0.39, 0.29) is 0 Å². The zero-order valence-electron chi connectivity index (χ0n) is 19.2. The number of rotatable bonds is 4. The van der Waals surface area contributed by atoms with Crippen molar-refractivity contribution in [3.05, 3.63) is 106 Å². The fourth-order valence-corrected chi connectivity index (χ4v) is 4.24. The quantitative estimate of drug-likeness (QED) is 0.333. The number of hydrogen-bond donors (Lipinski definition) is 0. The molecular formula is C30H24N2O. The van der Waals surface area contributed by atoms with Crippen LogP contribution in [0, 0.1) is 50.4 Å². The second-order valence-corrected chi connectivity index (χ2v) is 8.49. The molecule has 0 spiro atoms. The molecule has 0 aliphatic rings. The van der Waals surface area contributed by atoms with Crippen LogP contribution in [0.4, 0.5) is 0 Å². The van der Waals surface area contributed by atoms with Gasteiger partial charge in [-0.25, -0.2) is 0 Å². The zero-order valence-corrected chi connectivity index (χ0v) is 19.2. The molecule has 4 aromatic rings. The maximum Gasteiger partial charge on any atom is 0.128 e. The fraction of sp³-hybridized carbons (Fsp3) is 0.133. The van der Waals surface area contributed by atoms with E-state index in [9.17, 15) is 10.5 Å². The van der Waals surface area contributed by atoms with E-state index in [0.717, 1.165) is 44.5 Å². The Hall–Kier alpha value is -4.34. The molecule has 0 fully saturated rings. The largest absolute Gasteiger partial charge is 0.457 e. The molecule has 0 N–H and O–H groups in total. The van der Waals surface area contributed by atoms with Crippen molar-refractivity contribution in [3.63, 3.8) is 0 Å². The second kappa shape index (κ2) is 9.03. The van der Waals surface area contributed by atoms with Crippen LogP contribution in [0.15, 0.2) is 72.8 Å². The van der Waals surface area contributed by atoms with Crippen molar-refractivity contribution in [3.8, 4) is 45.9 Å². The van der Waals surface area contributed by atoms with Crippen molar-refractivity contribution in [2.45, 2.75) is 27.7 Å². The normalized spacial score (nSPS) is 10.4. The smallest absolute Gasteiger partial charge is 0.128 e. The van der Waals surface area contributed by atoms with Crippen molar-refractivity contribution in [2.75, 3.05) is 0 Å². The van der Waals surface area contributed by atoms with Crippen LogP contribution in [-0.2, 0) is 0 Å². The van der Waals surface area contributed by atoms with E-state index in [4.69, 9.17) is 4.74 Å². The van der Waals surface area contributed by atoms with Gasteiger partial charge < -0.3 is 4.74 Å². The van der Waals surface area contributed by atoms with Gasteiger partial charge in [0.05, 0.1) is 23.3 Å². The lowest BCUT2D eigenvalue weighted by Crippen LogP contribution is -1.92. The predicted octanol–water partition coefficient (Wildman–Crippen LogP) is 7.79. The second-order valence-electron chi connectivity index (χ2n) is 8.49. The molecule has 0 bridgehead atoms. The number of aryl methyl sites for hydroxylation is 4. The first-order valence-electron chi connectivity index (χ1n) is 10.8. The molecule has 0 saturated carbocycles. The minimum absolute atomic E-state index is 0.600. The van der Waals surface area contributed by atoms with Gasteiger partial charge in [-0.05, 0) is 75.2 Å². The summed E-state index contributed by atoms with van der Waals surface area (Å²) in [6.45, 7) is 8.20. The molecule has 0 heterocycles. The lowest BCUT2D eigenvalue weighted by atomic mass is 9.96. The van der Waals surface area contributed by atoms with Gasteiger partial charge in [0.1, 0.15) is 11.5 Å². The lowest BCUT2D eigenvalue weighted by Gasteiger charge is -2.13. The lowest BCUT2D eigenvalue weighted by molar-refractivity contribution is 0.483. The fourth-order valence-electron chi connectivity index (χ4n) is 4.24. The summed E-state index contributed by atoms with van der Waals surface area (Å²) in [5.41, 5.74) is 9.43. The Bertz CT molecular complexity index is 1300. The third-order valence-electron chi connectivity index (χ3n) is 5.52. The van der Waals surface area contributed by atoms with E-state index in [1.54, 1.807) is 24.3 Å². The number of ether oxygens (including phenoxy) is 1. The van der Waals surface area contributed by atoms with Crippen LogP contribution < -0.4 is 4.74 Å². The SMILES string of the molecule is Cc1cc(C)cc(-c2cc(Oc3ccc(C#N)c(-c4cc(C)cc(C)c4)c3)ccc2C#N)c1. The number of nitriles is 2. The molecule has 0 amide bonds. The van der Waals surface area contributed by atoms with Gasteiger partial charge in [-0.2, -0.15) is 10.5 Å². The van der Waals surface area contributed by atoms with E-state index in [1.807, 2.05) is 39.8 Å². The highest BCUT2D eigenvalue weighted by Crippen LogP contribution is 2.34. The van der Waals surface area contributed by atoms with Gasteiger partial charge in [-0.15, -0.1) is 0 Å². The van der Waals surface area contributed by atoms with Crippen molar-refractivity contribution >= 4 is 0 Å². The minimum atomic E-state index is 0.600. The molecule has 0 unspecified atom stereocenters. The highest BCUT2D eigenvalue weighted by atomic mass is 16.5. The van der Waals surface area contributed by atoms with Crippen molar-refractivity contribution in [1.82, 2.24) is 0 Å². The van der Waals surface area contributed by atoms with Crippen molar-refractivity contribution in [2.24, 2.45) is 0 Å². The summed E-state index contributed by atoms with van der Waals surface area (Å²) < 4.78 is 6.20. The summed E-state index contributed by atoms with van der Waals surface area (Å²) >= 11 is 0. The van der Waals surface area contributed by atoms with Gasteiger partial charge >= 0.3 is 0 Å². The Balaban J connectivity index is 1.75. The number of benzene rings is 4. The molecule has 3 nitrogen and oxygen atoms in total. The van der Waals surface area contributed by atoms with Gasteiger partial charge in [-0.1, -0.05) is 58.7 Å². The summed E-state index contributed by atoms with van der Waals surface area (Å²) in [5, 5.41) is 19.3. The topological polar surface area (TPSA) is 56.8 Å². The van der Waals surface area contributed by atoms with Crippen LogP contribution in [0.3, 0.4) is 0 Å². The van der Waals surface area contributed by atoms with Crippen LogP contribution in [0.2, 0.25) is 0 Å². The molecule has 4 aromatic carbocycles. The maximum absolute atomic E-state index is 9.64. The number of nitrogens with zero attached hydrogens (tertiary/aromatic N) is 2. The molecule has 33 heavy (non-hydrogen) atoms. The van der Waals surface area contributed by atoms with Crippen LogP contribution in [0.5, 0.6) is 11.5 Å². The molecule has 0 saturated heterocycles. The molecule has 4 rings (SSSR count). The van der Waals surface area contributed by atoms with Crippen LogP contribution in [-0.4, -0.2) is 0 Å². The molecule has 0 aliphatic carbocycles. The Morgan fingerprint density at radius 2 is 0.879 bits per heavy atom. The molecule has 160 valence electrons. The summed E-state index contributed by atoms with van der Waals surface area (Å²) in [5.74, 6) is 1.28. The highest BCUT2D eigenvalue weighted by Gasteiger charge is 2.12. The Kier molecular flexibility index (Phi) is 5.99. The predicted molar refractivity (Wildman–Crippen MR) is 132 cm³/mol. The Morgan fingerprint density at radius 1 is 0.515 bits per heavy atom. The van der Waals surface area contributed by atoms with Crippen LogP contribution in [0.25, 0.3) is 22.3 Å². The Labute approximate surface area is 195 Å². The summed E-state index contributed by atoms with van der Waals surface area (Å²) in [6.07, 6.45) is 0. The molecular weight excluding hydrogens is 404 g/mol. The van der Waals surface area contributed by atoms with E-state index in [2.05, 4.69) is 48.5 Å². The van der Waals surface area contributed by atoms with Crippen LogP contribution >= 0.6 is 0 Å². The Morgan fingerprint density at radius 3 is 1.21 bits per heavy atom. The molecule has 0 atom stereocenters. The summed E-state index contributed by atoms with van der Waals surface area (Å²) in [7, 11) is 0. The molecule has 0 aliphatic heterocycles. The summed E-state index contributed by atoms with van der Waals surface area (Å²) in [4.78, 5) is 0. The third-order valence-corrected chi connectivity index (χ3v) is 5.52. The average Bonchev–Trinajstić information content (AvgIpc) is 2.77. The monoisotopic (exact) mass is 428 g/mol. The van der Waals surface area contributed by atoms with E-state index >= 15 is 0 Å². The van der Waals surface area contributed by atoms with Crippen molar-refractivity contribution in [1.29, 1.82) is 10.5 Å². The first-order chi connectivity index (χ1) is 15.9. The highest BCUT2D eigenvalue weighted by molar-refractivity contribution is 5.75. The van der Waals surface area contributed by atoms with E-state index in [0.29, 0.717) is 22.6 Å². The van der Waals surface area contributed by atoms with Crippen LogP contribution in [0.1, 0.15) is 33.4 Å². The third kappa shape index (κ3) is 4.79. The molecule has 3 heteroatoms. The van der Waals surface area contributed by atoms with Gasteiger partial charge in [-0.3, -0.25) is 0 Å². The van der Waals surface area contributed by atoms with Gasteiger partial charge in [0.25, 0.3) is 0 Å². The van der Waals surface area contributed by atoms with Gasteiger partial charge in [0.2, 0.25) is 0 Å². The maximum atomic E-state index is 9.64. The molecule has 0 radical (unpaired) electrons. The molecule has 0 aromatic heterocycles. The van der Waals surface area contributed by atoms with E-state index < -0.39 is 0 Å². The van der Waals surface area contributed by atoms with Gasteiger partial charge in [0.15, 0.2) is 0 Å². The number of hydrogen-bond acceptors (Lipinski definition) is 3. The van der Waals surface area contributed by atoms with E-state index in [1.165, 1.54) is 0 Å². The average molecular weight is 429 g/mol. The standard InChI is InChI=1S/C30H24N2O/c1-19-9-20(2)12-25(11-19)29-15-27(7-5-23(29)17-31)33-28-8-6-24(18-32)30(16-28)26-13-21(3)10-22(4)14-26/h5-16H,1-4H3.